The molecule has 20 heavy (non-hydrogen) atoms. The summed E-state index contributed by atoms with van der Waals surface area (Å²) in [6, 6.07) is 7.92. The van der Waals surface area contributed by atoms with Gasteiger partial charge in [0.2, 0.25) is 5.91 Å². The molecule has 5 nitrogen and oxygen atoms in total. The van der Waals surface area contributed by atoms with Gasteiger partial charge in [0.15, 0.2) is 0 Å². The highest BCUT2D eigenvalue weighted by Crippen LogP contribution is 2.23. The molecule has 0 spiro atoms. The van der Waals surface area contributed by atoms with Gasteiger partial charge in [-0.25, -0.2) is 4.68 Å². The molecule has 2 rings (SSSR count). The van der Waals surface area contributed by atoms with Gasteiger partial charge in [-0.05, 0) is 30.0 Å². The average molecular weight is 272 g/mol. The molecule has 0 aliphatic rings. The van der Waals surface area contributed by atoms with E-state index in [1.807, 2.05) is 31.2 Å². The quantitative estimate of drug-likeness (QED) is 0.934. The molecule has 0 unspecified atom stereocenters. The minimum absolute atomic E-state index is 0.109. The van der Waals surface area contributed by atoms with Gasteiger partial charge in [0.05, 0.1) is 11.9 Å². The number of carbonyl (C=O) groups excluding carboxylic acids is 1. The summed E-state index contributed by atoms with van der Waals surface area (Å²) in [5.41, 5.74) is 3.01. The van der Waals surface area contributed by atoms with Crippen LogP contribution in [0, 0.1) is 6.92 Å². The molecule has 0 atom stereocenters. The van der Waals surface area contributed by atoms with E-state index in [2.05, 4.69) is 36.4 Å². The number of rotatable bonds is 3. The molecule has 0 saturated heterocycles. The van der Waals surface area contributed by atoms with Gasteiger partial charge in [-0.1, -0.05) is 38.1 Å². The molecule has 1 heterocycles. The zero-order chi connectivity index (χ0) is 14.8. The fraction of sp³-hybridized carbons (Fsp3) is 0.400. The first-order valence-electron chi connectivity index (χ1n) is 6.62. The van der Waals surface area contributed by atoms with Gasteiger partial charge < -0.3 is 5.32 Å². The normalized spacial score (nSPS) is 11.4. The number of carbonyl (C=O) groups is 1. The number of hydrogen-bond donors (Lipinski definition) is 1. The molecule has 0 aliphatic carbocycles. The maximum Gasteiger partial charge on any atom is 0.246 e. The number of aryl methyl sites for hydroxylation is 1. The third-order valence-corrected chi connectivity index (χ3v) is 3.14. The van der Waals surface area contributed by atoms with Gasteiger partial charge >= 0.3 is 0 Å². The Kier molecular flexibility index (Phi) is 3.88. The average Bonchev–Trinajstić information content (AvgIpc) is 2.74. The maximum absolute atomic E-state index is 11.9. The number of benzene rings is 1. The topological polar surface area (TPSA) is 59.8 Å². The van der Waals surface area contributed by atoms with Gasteiger partial charge in [0.1, 0.15) is 6.54 Å². The molecule has 1 N–H and O–H groups in total. The monoisotopic (exact) mass is 272 g/mol. The second-order valence-corrected chi connectivity index (χ2v) is 5.91. The molecule has 0 bridgehead atoms. The van der Waals surface area contributed by atoms with Crippen LogP contribution in [0.2, 0.25) is 0 Å². The third-order valence-electron chi connectivity index (χ3n) is 3.14. The van der Waals surface area contributed by atoms with E-state index in [4.69, 9.17) is 0 Å². The fourth-order valence-corrected chi connectivity index (χ4v) is 1.86. The third kappa shape index (κ3) is 3.44. The first kappa shape index (κ1) is 14.2. The minimum atomic E-state index is -0.109. The van der Waals surface area contributed by atoms with E-state index in [0.717, 1.165) is 11.4 Å². The van der Waals surface area contributed by atoms with E-state index in [1.54, 1.807) is 10.9 Å². The molecule has 1 aromatic heterocycles. The molecule has 1 amide bonds. The number of nitrogens with zero attached hydrogens (tertiary/aromatic N) is 3. The van der Waals surface area contributed by atoms with Crippen molar-refractivity contribution in [3.8, 4) is 0 Å². The van der Waals surface area contributed by atoms with E-state index < -0.39 is 0 Å². The van der Waals surface area contributed by atoms with E-state index >= 15 is 0 Å². The zero-order valence-electron chi connectivity index (χ0n) is 12.3. The summed E-state index contributed by atoms with van der Waals surface area (Å²) in [5.74, 6) is -0.109. The Labute approximate surface area is 119 Å². The Morgan fingerprint density at radius 1 is 1.25 bits per heavy atom. The second-order valence-electron chi connectivity index (χ2n) is 5.91. The smallest absolute Gasteiger partial charge is 0.246 e. The molecule has 1 aromatic carbocycles. The van der Waals surface area contributed by atoms with Crippen molar-refractivity contribution in [3.05, 3.63) is 41.7 Å². The molecule has 0 fully saturated rings. The molecule has 106 valence electrons. The lowest BCUT2D eigenvalue weighted by Crippen LogP contribution is -2.20. The molecular formula is C15H20N4O. The predicted octanol–water partition coefficient (Wildman–Crippen LogP) is 2.52. The minimum Gasteiger partial charge on any atom is -0.324 e. The first-order chi connectivity index (χ1) is 9.36. The SMILES string of the molecule is Cc1cnnn1CC(=O)Nc1ccc(C(C)(C)C)cc1. The molecular weight excluding hydrogens is 252 g/mol. The van der Waals surface area contributed by atoms with Crippen LogP contribution in [0.25, 0.3) is 0 Å². The van der Waals surface area contributed by atoms with Crippen molar-refractivity contribution >= 4 is 11.6 Å². The van der Waals surface area contributed by atoms with Gasteiger partial charge in [0.25, 0.3) is 0 Å². The highest BCUT2D eigenvalue weighted by Gasteiger charge is 2.13. The summed E-state index contributed by atoms with van der Waals surface area (Å²) in [6.45, 7) is 8.52. The van der Waals surface area contributed by atoms with Gasteiger partial charge in [-0.2, -0.15) is 0 Å². The van der Waals surface area contributed by atoms with Crippen molar-refractivity contribution in [3.63, 3.8) is 0 Å². The van der Waals surface area contributed by atoms with Crippen molar-refractivity contribution in [1.82, 2.24) is 15.0 Å². The Morgan fingerprint density at radius 2 is 1.90 bits per heavy atom. The molecule has 0 radical (unpaired) electrons. The summed E-state index contributed by atoms with van der Waals surface area (Å²) < 4.78 is 1.57. The lowest BCUT2D eigenvalue weighted by Gasteiger charge is -2.19. The number of aromatic nitrogens is 3. The summed E-state index contributed by atoms with van der Waals surface area (Å²) in [5, 5.41) is 10.5. The van der Waals surface area contributed by atoms with Gasteiger partial charge in [0, 0.05) is 5.69 Å². The van der Waals surface area contributed by atoms with Crippen molar-refractivity contribution in [2.24, 2.45) is 0 Å². The number of hydrogen-bond acceptors (Lipinski definition) is 3. The number of nitrogens with one attached hydrogen (secondary N) is 1. The van der Waals surface area contributed by atoms with Crippen LogP contribution in [0.5, 0.6) is 0 Å². The number of amides is 1. The molecule has 2 aromatic rings. The van der Waals surface area contributed by atoms with Crippen LogP contribution in [0.15, 0.2) is 30.5 Å². The second kappa shape index (κ2) is 5.45. The lowest BCUT2D eigenvalue weighted by atomic mass is 9.87. The van der Waals surface area contributed by atoms with Crippen LogP contribution in [0.1, 0.15) is 32.0 Å². The summed E-state index contributed by atoms with van der Waals surface area (Å²) in [4.78, 5) is 11.9. The molecule has 0 aliphatic heterocycles. The highest BCUT2D eigenvalue weighted by atomic mass is 16.2. The van der Waals surface area contributed by atoms with Crippen LogP contribution in [-0.2, 0) is 16.8 Å². The summed E-state index contributed by atoms with van der Waals surface area (Å²) in [6.07, 6.45) is 1.63. The molecule has 5 heteroatoms. The van der Waals surface area contributed by atoms with Crippen LogP contribution < -0.4 is 5.32 Å². The first-order valence-corrected chi connectivity index (χ1v) is 6.62. The van der Waals surface area contributed by atoms with Gasteiger partial charge in [-0.15, -0.1) is 5.10 Å². The Morgan fingerprint density at radius 3 is 2.40 bits per heavy atom. The van der Waals surface area contributed by atoms with Gasteiger partial charge in [-0.3, -0.25) is 4.79 Å². The highest BCUT2D eigenvalue weighted by molar-refractivity contribution is 5.90. The van der Waals surface area contributed by atoms with Crippen molar-refractivity contribution in [2.45, 2.75) is 39.7 Å². The lowest BCUT2D eigenvalue weighted by molar-refractivity contribution is -0.117. The fourth-order valence-electron chi connectivity index (χ4n) is 1.86. The van der Waals surface area contributed by atoms with Crippen LogP contribution in [0.4, 0.5) is 5.69 Å². The largest absolute Gasteiger partial charge is 0.324 e. The predicted molar refractivity (Wildman–Crippen MR) is 78.5 cm³/mol. The van der Waals surface area contributed by atoms with Crippen LogP contribution in [-0.4, -0.2) is 20.9 Å². The van der Waals surface area contributed by atoms with E-state index in [9.17, 15) is 4.79 Å². The van der Waals surface area contributed by atoms with Crippen molar-refractivity contribution in [1.29, 1.82) is 0 Å². The standard InChI is InChI=1S/C15H20N4O/c1-11-9-16-18-19(11)10-14(20)17-13-7-5-12(6-8-13)15(2,3)4/h5-9H,10H2,1-4H3,(H,17,20). The Bertz CT molecular complexity index is 593. The maximum atomic E-state index is 11.9. The van der Waals surface area contributed by atoms with Crippen molar-refractivity contribution < 1.29 is 4.79 Å². The Balaban J connectivity index is 2.00. The molecule has 0 saturated carbocycles. The van der Waals surface area contributed by atoms with Crippen LogP contribution >= 0.6 is 0 Å². The van der Waals surface area contributed by atoms with Crippen molar-refractivity contribution in [2.75, 3.05) is 5.32 Å². The summed E-state index contributed by atoms with van der Waals surface area (Å²) in [7, 11) is 0. The van der Waals surface area contributed by atoms with E-state index in [0.29, 0.717) is 0 Å². The number of anilines is 1. The van der Waals surface area contributed by atoms with E-state index in [-0.39, 0.29) is 17.9 Å². The van der Waals surface area contributed by atoms with E-state index in [1.165, 1.54) is 5.56 Å². The van der Waals surface area contributed by atoms with Crippen LogP contribution in [0.3, 0.4) is 0 Å². The summed E-state index contributed by atoms with van der Waals surface area (Å²) >= 11 is 0. The Hall–Kier alpha value is -2.17. The zero-order valence-corrected chi connectivity index (χ0v) is 12.3.